The summed E-state index contributed by atoms with van der Waals surface area (Å²) >= 11 is 0. The van der Waals surface area contributed by atoms with Crippen molar-refractivity contribution in [3.63, 3.8) is 0 Å². The van der Waals surface area contributed by atoms with Gasteiger partial charge in [-0.2, -0.15) is 0 Å². The molecule has 0 saturated carbocycles. The molecule has 5 heteroatoms. The molecule has 0 amide bonds. The second-order valence-corrected chi connectivity index (χ2v) is 3.04. The van der Waals surface area contributed by atoms with Crippen LogP contribution < -0.4 is 0 Å². The largest absolute Gasteiger partial charge is 0.481 e. The number of carbonyl (C=O) groups is 1. The van der Waals surface area contributed by atoms with E-state index in [1.165, 1.54) is 0 Å². The van der Waals surface area contributed by atoms with Crippen LogP contribution in [0.2, 0.25) is 0 Å². The molecule has 1 aromatic rings. The number of rotatable bonds is 1. The maximum atomic E-state index is 10.8. The molecule has 13 heavy (non-hydrogen) atoms. The highest BCUT2D eigenvalue weighted by molar-refractivity contribution is 5.85. The smallest absolute Gasteiger partial charge is 0.312 e. The van der Waals surface area contributed by atoms with Crippen molar-refractivity contribution in [2.24, 2.45) is 0 Å². The van der Waals surface area contributed by atoms with Gasteiger partial charge in [0, 0.05) is 12.7 Å². The van der Waals surface area contributed by atoms with Gasteiger partial charge in [0.15, 0.2) is 0 Å². The number of aliphatic carboxylic acids is 1. The highest BCUT2D eigenvalue weighted by Crippen LogP contribution is 2.26. The first-order valence-corrected chi connectivity index (χ1v) is 4.02. The van der Waals surface area contributed by atoms with E-state index in [-0.39, 0.29) is 18.3 Å². The maximum absolute atomic E-state index is 10.8. The minimum absolute atomic E-state index is 0. The van der Waals surface area contributed by atoms with Gasteiger partial charge in [0.25, 0.3) is 0 Å². The molecule has 0 saturated heterocycles. The molecule has 2 heterocycles. The third-order valence-electron chi connectivity index (χ3n) is 2.29. The van der Waals surface area contributed by atoms with E-state index in [9.17, 15) is 4.79 Å². The summed E-state index contributed by atoms with van der Waals surface area (Å²) in [6, 6.07) is 0. The average molecular weight is 203 g/mol. The molecular weight excluding hydrogens is 192 g/mol. The lowest BCUT2D eigenvalue weighted by Crippen LogP contribution is -2.20. The minimum atomic E-state index is -0.739. The Bertz CT molecular complexity index is 311. The van der Waals surface area contributed by atoms with Gasteiger partial charge >= 0.3 is 5.97 Å². The first kappa shape index (κ1) is 10.1. The first-order valence-electron chi connectivity index (χ1n) is 4.02. The first-order chi connectivity index (χ1) is 5.79. The highest BCUT2D eigenvalue weighted by atomic mass is 35.5. The molecule has 0 fully saturated rings. The SMILES string of the molecule is Cl.O=C(O)C1CCCn2cncc21. The lowest BCUT2D eigenvalue weighted by Gasteiger charge is -2.20. The molecule has 0 aliphatic carbocycles. The Labute approximate surface area is 82.0 Å². The van der Waals surface area contributed by atoms with Crippen LogP contribution in [0.4, 0.5) is 0 Å². The molecule has 0 aromatic carbocycles. The Morgan fingerprint density at radius 2 is 2.46 bits per heavy atom. The topological polar surface area (TPSA) is 55.1 Å². The number of imidazole rings is 1. The molecule has 1 aromatic heterocycles. The molecule has 0 bridgehead atoms. The van der Waals surface area contributed by atoms with Crippen molar-refractivity contribution in [2.45, 2.75) is 25.3 Å². The average Bonchev–Trinajstić information content (AvgIpc) is 2.49. The van der Waals surface area contributed by atoms with E-state index in [0.717, 1.165) is 25.1 Å². The van der Waals surface area contributed by atoms with Gasteiger partial charge in [-0.25, -0.2) is 4.98 Å². The van der Waals surface area contributed by atoms with Gasteiger partial charge < -0.3 is 9.67 Å². The van der Waals surface area contributed by atoms with Gasteiger partial charge in [0.2, 0.25) is 0 Å². The van der Waals surface area contributed by atoms with Crippen molar-refractivity contribution in [3.05, 3.63) is 18.2 Å². The third kappa shape index (κ3) is 1.67. The molecule has 1 aliphatic rings. The maximum Gasteiger partial charge on any atom is 0.312 e. The highest BCUT2D eigenvalue weighted by Gasteiger charge is 2.26. The summed E-state index contributed by atoms with van der Waals surface area (Å²) in [4.78, 5) is 14.7. The molecule has 0 spiro atoms. The molecule has 72 valence electrons. The fourth-order valence-corrected chi connectivity index (χ4v) is 1.67. The molecule has 1 unspecified atom stereocenters. The van der Waals surface area contributed by atoms with Crippen LogP contribution >= 0.6 is 12.4 Å². The number of carboxylic acid groups (broad SMARTS) is 1. The van der Waals surface area contributed by atoms with Crippen molar-refractivity contribution in [1.82, 2.24) is 9.55 Å². The summed E-state index contributed by atoms with van der Waals surface area (Å²) in [5.74, 6) is -1.09. The predicted octanol–water partition coefficient (Wildman–Crippen LogP) is 1.27. The van der Waals surface area contributed by atoms with Crippen LogP contribution in [0.3, 0.4) is 0 Å². The number of hydrogen-bond acceptors (Lipinski definition) is 2. The van der Waals surface area contributed by atoms with Crippen molar-refractivity contribution < 1.29 is 9.90 Å². The van der Waals surface area contributed by atoms with Crippen LogP contribution in [0.5, 0.6) is 0 Å². The van der Waals surface area contributed by atoms with Gasteiger partial charge in [-0.05, 0) is 12.8 Å². The zero-order valence-electron chi connectivity index (χ0n) is 7.01. The Kier molecular flexibility index (Phi) is 2.93. The lowest BCUT2D eigenvalue weighted by atomic mass is 9.97. The Balaban J connectivity index is 0.000000845. The van der Waals surface area contributed by atoms with Crippen LogP contribution in [0.1, 0.15) is 24.5 Å². The van der Waals surface area contributed by atoms with Gasteiger partial charge in [0.05, 0.1) is 17.9 Å². The van der Waals surface area contributed by atoms with Gasteiger partial charge in [-0.3, -0.25) is 4.79 Å². The van der Waals surface area contributed by atoms with Gasteiger partial charge in [0.1, 0.15) is 0 Å². The minimum Gasteiger partial charge on any atom is -0.481 e. The molecule has 2 rings (SSSR count). The van der Waals surface area contributed by atoms with Gasteiger partial charge in [-0.1, -0.05) is 0 Å². The summed E-state index contributed by atoms with van der Waals surface area (Å²) in [6.45, 7) is 0.902. The molecular formula is C8H11ClN2O2. The monoisotopic (exact) mass is 202 g/mol. The van der Waals surface area contributed by atoms with Crippen molar-refractivity contribution in [2.75, 3.05) is 0 Å². The summed E-state index contributed by atoms with van der Waals surface area (Å²) in [7, 11) is 0. The molecule has 1 aliphatic heterocycles. The Morgan fingerprint density at radius 1 is 1.69 bits per heavy atom. The van der Waals surface area contributed by atoms with Crippen LogP contribution in [-0.4, -0.2) is 20.6 Å². The van der Waals surface area contributed by atoms with Crippen molar-refractivity contribution >= 4 is 18.4 Å². The Morgan fingerprint density at radius 3 is 3.15 bits per heavy atom. The van der Waals surface area contributed by atoms with E-state index >= 15 is 0 Å². The van der Waals surface area contributed by atoms with E-state index in [4.69, 9.17) is 5.11 Å². The molecule has 4 nitrogen and oxygen atoms in total. The van der Waals surface area contributed by atoms with Crippen LogP contribution in [0.25, 0.3) is 0 Å². The van der Waals surface area contributed by atoms with Crippen LogP contribution in [0.15, 0.2) is 12.5 Å². The van der Waals surface area contributed by atoms with E-state index in [1.807, 2.05) is 4.57 Å². The van der Waals surface area contributed by atoms with Crippen LogP contribution in [-0.2, 0) is 11.3 Å². The number of aromatic nitrogens is 2. The lowest BCUT2D eigenvalue weighted by molar-refractivity contribution is -0.139. The fraction of sp³-hybridized carbons (Fsp3) is 0.500. The molecule has 0 radical (unpaired) electrons. The second kappa shape index (κ2) is 3.79. The van der Waals surface area contributed by atoms with E-state index in [2.05, 4.69) is 4.98 Å². The molecule has 1 N–H and O–H groups in total. The summed E-state index contributed by atoms with van der Waals surface area (Å²) in [5, 5.41) is 8.86. The zero-order chi connectivity index (χ0) is 8.55. The number of aryl methyl sites for hydroxylation is 1. The number of fused-ring (bicyclic) bond motifs is 1. The van der Waals surface area contributed by atoms with Crippen molar-refractivity contribution in [3.8, 4) is 0 Å². The second-order valence-electron chi connectivity index (χ2n) is 3.04. The van der Waals surface area contributed by atoms with Gasteiger partial charge in [-0.15, -0.1) is 12.4 Å². The normalized spacial score (nSPS) is 20.2. The summed E-state index contributed by atoms with van der Waals surface area (Å²) in [6.07, 6.45) is 5.02. The standard InChI is InChI=1S/C8H10N2O2.ClH/c11-8(12)6-2-1-3-10-5-9-4-7(6)10;/h4-6H,1-3H2,(H,11,12);1H. The van der Waals surface area contributed by atoms with E-state index < -0.39 is 5.97 Å². The zero-order valence-corrected chi connectivity index (χ0v) is 7.83. The Hall–Kier alpha value is -1.03. The number of halogens is 1. The molecule has 1 atom stereocenters. The van der Waals surface area contributed by atoms with Crippen LogP contribution in [0, 0.1) is 0 Å². The van der Waals surface area contributed by atoms with E-state index in [0.29, 0.717) is 0 Å². The summed E-state index contributed by atoms with van der Waals surface area (Å²) < 4.78 is 1.92. The predicted molar refractivity (Wildman–Crippen MR) is 49.1 cm³/mol. The number of nitrogens with zero attached hydrogens (tertiary/aromatic N) is 2. The third-order valence-corrected chi connectivity index (χ3v) is 2.29. The number of carboxylic acids is 1. The quantitative estimate of drug-likeness (QED) is 0.746. The fourth-order valence-electron chi connectivity index (χ4n) is 1.67. The van der Waals surface area contributed by atoms with Crippen molar-refractivity contribution in [1.29, 1.82) is 0 Å². The number of hydrogen-bond donors (Lipinski definition) is 1. The summed E-state index contributed by atoms with van der Waals surface area (Å²) in [5.41, 5.74) is 0.841. The van der Waals surface area contributed by atoms with E-state index in [1.54, 1.807) is 12.5 Å².